The van der Waals surface area contributed by atoms with Crippen LogP contribution in [0.15, 0.2) is 28.7 Å². The zero-order chi connectivity index (χ0) is 11.8. The Morgan fingerprint density at radius 2 is 2.29 bits per heavy atom. The molecule has 4 nitrogen and oxygen atoms in total. The lowest BCUT2D eigenvalue weighted by Gasteiger charge is -2.02. The number of ketones is 1. The lowest BCUT2D eigenvalue weighted by atomic mass is 10.2. The van der Waals surface area contributed by atoms with Gasteiger partial charge in [-0.05, 0) is 18.2 Å². The van der Waals surface area contributed by atoms with Crippen molar-refractivity contribution >= 4 is 16.8 Å². The maximum absolute atomic E-state index is 11.2. The number of benzene rings is 1. The van der Waals surface area contributed by atoms with Gasteiger partial charge in [-0.1, -0.05) is 0 Å². The monoisotopic (exact) mass is 232 g/mol. The third-order valence-corrected chi connectivity index (χ3v) is 2.68. The van der Waals surface area contributed by atoms with Crippen LogP contribution in [0.1, 0.15) is 17.5 Å². The number of ether oxygens (including phenoxy) is 2. The van der Waals surface area contributed by atoms with E-state index in [0.29, 0.717) is 18.0 Å². The van der Waals surface area contributed by atoms with Crippen LogP contribution < -0.4 is 4.74 Å². The van der Waals surface area contributed by atoms with Crippen LogP contribution in [0.25, 0.3) is 11.0 Å². The lowest BCUT2D eigenvalue weighted by molar-refractivity contribution is 0.0989. The highest BCUT2D eigenvalue weighted by atomic mass is 16.6. The molecule has 1 fully saturated rings. The van der Waals surface area contributed by atoms with Crippen molar-refractivity contribution in [2.75, 3.05) is 13.2 Å². The summed E-state index contributed by atoms with van der Waals surface area (Å²) in [5.74, 6) is 1.04. The first kappa shape index (κ1) is 10.4. The highest BCUT2D eigenvalue weighted by molar-refractivity contribution is 5.96. The van der Waals surface area contributed by atoms with Gasteiger partial charge >= 0.3 is 0 Å². The second-order valence-corrected chi connectivity index (χ2v) is 4.13. The quantitative estimate of drug-likeness (QED) is 0.600. The van der Waals surface area contributed by atoms with Crippen molar-refractivity contribution in [3.05, 3.63) is 30.0 Å². The minimum atomic E-state index is -0.0740. The summed E-state index contributed by atoms with van der Waals surface area (Å²) in [6.45, 7) is 2.82. The molecule has 0 spiro atoms. The molecule has 0 amide bonds. The van der Waals surface area contributed by atoms with Gasteiger partial charge in [0.25, 0.3) is 0 Å². The summed E-state index contributed by atoms with van der Waals surface area (Å²) >= 11 is 0. The van der Waals surface area contributed by atoms with Gasteiger partial charge in [0.2, 0.25) is 0 Å². The van der Waals surface area contributed by atoms with Crippen LogP contribution in [-0.4, -0.2) is 25.1 Å². The molecule has 0 radical (unpaired) electrons. The molecule has 2 heterocycles. The average molecular weight is 232 g/mol. The van der Waals surface area contributed by atoms with Crippen LogP contribution in [0.2, 0.25) is 0 Å². The number of Topliss-reactive ketones (excluding diaryl/α,β-unsaturated/α-hetero) is 1. The number of carbonyl (C=O) groups excluding carboxylic acids is 1. The van der Waals surface area contributed by atoms with Crippen LogP contribution in [-0.2, 0) is 4.74 Å². The molecule has 2 aromatic rings. The van der Waals surface area contributed by atoms with E-state index in [-0.39, 0.29) is 11.9 Å². The average Bonchev–Trinajstić information content (AvgIpc) is 3.03. The Labute approximate surface area is 98.1 Å². The SMILES string of the molecule is CC(=O)c1cc2ccc(OCC3CO3)cc2o1. The van der Waals surface area contributed by atoms with Gasteiger partial charge in [-0.2, -0.15) is 0 Å². The minimum Gasteiger partial charge on any atom is -0.491 e. The molecular weight excluding hydrogens is 220 g/mol. The van der Waals surface area contributed by atoms with E-state index in [1.54, 1.807) is 12.1 Å². The molecule has 1 atom stereocenters. The zero-order valence-electron chi connectivity index (χ0n) is 9.43. The minimum absolute atomic E-state index is 0.0740. The maximum Gasteiger partial charge on any atom is 0.194 e. The second-order valence-electron chi connectivity index (χ2n) is 4.13. The van der Waals surface area contributed by atoms with Gasteiger partial charge in [0.15, 0.2) is 11.5 Å². The van der Waals surface area contributed by atoms with Gasteiger partial charge in [-0.15, -0.1) is 0 Å². The fourth-order valence-corrected chi connectivity index (χ4v) is 1.63. The summed E-state index contributed by atoms with van der Waals surface area (Å²) in [5.41, 5.74) is 0.671. The Morgan fingerprint density at radius 1 is 1.47 bits per heavy atom. The summed E-state index contributed by atoms with van der Waals surface area (Å²) in [4.78, 5) is 11.2. The summed E-state index contributed by atoms with van der Waals surface area (Å²) < 4.78 is 16.0. The van der Waals surface area contributed by atoms with E-state index in [2.05, 4.69) is 0 Å². The number of furan rings is 1. The zero-order valence-corrected chi connectivity index (χ0v) is 9.43. The van der Waals surface area contributed by atoms with Crippen molar-refractivity contribution in [3.63, 3.8) is 0 Å². The fraction of sp³-hybridized carbons (Fsp3) is 0.308. The molecule has 17 heavy (non-hydrogen) atoms. The third kappa shape index (κ3) is 2.17. The molecule has 0 aliphatic carbocycles. The smallest absolute Gasteiger partial charge is 0.194 e. The van der Waals surface area contributed by atoms with Crippen molar-refractivity contribution in [2.24, 2.45) is 0 Å². The molecule has 0 saturated carbocycles. The van der Waals surface area contributed by atoms with Gasteiger partial charge in [0, 0.05) is 18.4 Å². The van der Waals surface area contributed by atoms with E-state index in [9.17, 15) is 4.79 Å². The maximum atomic E-state index is 11.2. The summed E-state index contributed by atoms with van der Waals surface area (Å²) in [5, 5.41) is 0.908. The predicted molar refractivity (Wildman–Crippen MR) is 61.5 cm³/mol. The van der Waals surface area contributed by atoms with Crippen molar-refractivity contribution < 1.29 is 18.7 Å². The molecule has 0 bridgehead atoms. The van der Waals surface area contributed by atoms with E-state index < -0.39 is 0 Å². The van der Waals surface area contributed by atoms with Crippen LogP contribution in [0.3, 0.4) is 0 Å². The number of hydrogen-bond acceptors (Lipinski definition) is 4. The molecule has 1 aliphatic rings. The standard InChI is InChI=1S/C13H12O4/c1-8(14)12-4-9-2-3-10(5-13(9)17-12)15-6-11-7-16-11/h2-5,11H,6-7H2,1H3. The topological polar surface area (TPSA) is 52.0 Å². The highest BCUT2D eigenvalue weighted by Crippen LogP contribution is 2.25. The van der Waals surface area contributed by atoms with Crippen LogP contribution in [0.5, 0.6) is 5.75 Å². The number of carbonyl (C=O) groups is 1. The number of hydrogen-bond donors (Lipinski definition) is 0. The first-order chi connectivity index (χ1) is 8.22. The highest BCUT2D eigenvalue weighted by Gasteiger charge is 2.23. The molecule has 0 N–H and O–H groups in total. The first-order valence-electron chi connectivity index (χ1n) is 5.51. The van der Waals surface area contributed by atoms with Crippen LogP contribution in [0.4, 0.5) is 0 Å². The Bertz CT molecular complexity index is 566. The van der Waals surface area contributed by atoms with Gasteiger partial charge in [0.05, 0.1) is 6.61 Å². The molecule has 1 aromatic heterocycles. The summed E-state index contributed by atoms with van der Waals surface area (Å²) in [7, 11) is 0. The molecular formula is C13H12O4. The summed E-state index contributed by atoms with van der Waals surface area (Å²) in [6, 6.07) is 7.29. The van der Waals surface area contributed by atoms with Crippen LogP contribution in [0, 0.1) is 0 Å². The molecule has 88 valence electrons. The Morgan fingerprint density at radius 3 is 3.00 bits per heavy atom. The number of fused-ring (bicyclic) bond motifs is 1. The molecule has 3 rings (SSSR count). The Balaban J connectivity index is 1.86. The van der Waals surface area contributed by atoms with Crippen molar-refractivity contribution in [1.82, 2.24) is 0 Å². The van der Waals surface area contributed by atoms with Gasteiger partial charge in [0.1, 0.15) is 24.0 Å². The van der Waals surface area contributed by atoms with Gasteiger partial charge in [-0.25, -0.2) is 0 Å². The van der Waals surface area contributed by atoms with Crippen molar-refractivity contribution in [1.29, 1.82) is 0 Å². The van der Waals surface area contributed by atoms with Crippen molar-refractivity contribution in [3.8, 4) is 5.75 Å². The first-order valence-corrected chi connectivity index (χ1v) is 5.51. The fourth-order valence-electron chi connectivity index (χ4n) is 1.63. The molecule has 1 unspecified atom stereocenters. The lowest BCUT2D eigenvalue weighted by Crippen LogP contribution is -2.03. The van der Waals surface area contributed by atoms with E-state index in [1.807, 2.05) is 12.1 Å². The van der Waals surface area contributed by atoms with Crippen molar-refractivity contribution in [2.45, 2.75) is 13.0 Å². The number of rotatable bonds is 4. The van der Waals surface area contributed by atoms with E-state index in [4.69, 9.17) is 13.9 Å². The Hall–Kier alpha value is -1.81. The Kier molecular flexibility index (Phi) is 2.37. The van der Waals surface area contributed by atoms with Gasteiger partial charge in [-0.3, -0.25) is 4.79 Å². The third-order valence-electron chi connectivity index (χ3n) is 2.68. The molecule has 1 saturated heterocycles. The van der Waals surface area contributed by atoms with E-state index in [0.717, 1.165) is 17.7 Å². The predicted octanol–water partition coefficient (Wildman–Crippen LogP) is 2.41. The van der Waals surface area contributed by atoms with Crippen LogP contribution >= 0.6 is 0 Å². The normalized spacial score (nSPS) is 18.3. The van der Waals surface area contributed by atoms with E-state index >= 15 is 0 Å². The van der Waals surface area contributed by atoms with Gasteiger partial charge < -0.3 is 13.9 Å². The molecule has 1 aromatic carbocycles. The molecule has 1 aliphatic heterocycles. The number of epoxide rings is 1. The largest absolute Gasteiger partial charge is 0.491 e. The molecule has 4 heteroatoms. The van der Waals surface area contributed by atoms with E-state index in [1.165, 1.54) is 6.92 Å². The second kappa shape index (κ2) is 3.89. The summed E-state index contributed by atoms with van der Waals surface area (Å²) in [6.07, 6.45) is 0.232.